The lowest BCUT2D eigenvalue weighted by atomic mass is 9.91. The van der Waals surface area contributed by atoms with E-state index in [1.807, 2.05) is 0 Å². The summed E-state index contributed by atoms with van der Waals surface area (Å²) in [6.45, 7) is 6.73. The van der Waals surface area contributed by atoms with Crippen molar-refractivity contribution in [2.45, 2.75) is 84.2 Å². The molecule has 0 amide bonds. The highest BCUT2D eigenvalue weighted by atomic mass is 16.5. The second kappa shape index (κ2) is 9.73. The van der Waals surface area contributed by atoms with Crippen LogP contribution in [-0.2, 0) is 0 Å². The van der Waals surface area contributed by atoms with Crippen molar-refractivity contribution in [3.05, 3.63) is 18.7 Å². The molecule has 3 nitrogen and oxygen atoms in total. The van der Waals surface area contributed by atoms with Crippen molar-refractivity contribution in [2.24, 2.45) is 0 Å². The topological polar surface area (TPSA) is 35.0 Å². The van der Waals surface area contributed by atoms with Crippen LogP contribution in [0.5, 0.6) is 5.75 Å². The molecule has 0 N–H and O–H groups in total. The minimum atomic E-state index is -0.0758. The van der Waals surface area contributed by atoms with Crippen LogP contribution in [0, 0.1) is 0 Å². The van der Waals surface area contributed by atoms with Gasteiger partial charge >= 0.3 is 0 Å². The first-order valence-corrected chi connectivity index (χ1v) is 8.14. The molecule has 0 aromatic carbocycles. The van der Waals surface area contributed by atoms with E-state index in [1.54, 1.807) is 18.7 Å². The highest BCUT2D eigenvalue weighted by Gasteiger charge is 2.25. The first kappa shape index (κ1) is 16.9. The fraction of sp³-hybridized carbons (Fsp3) is 0.765. The van der Waals surface area contributed by atoms with Gasteiger partial charge in [0, 0.05) is 0 Å². The third-order valence-corrected chi connectivity index (χ3v) is 3.77. The van der Waals surface area contributed by atoms with E-state index < -0.39 is 0 Å². The van der Waals surface area contributed by atoms with Gasteiger partial charge < -0.3 is 4.74 Å². The summed E-state index contributed by atoms with van der Waals surface area (Å²) in [6, 6.07) is 0. The molecule has 0 saturated carbocycles. The molecule has 1 unspecified atom stereocenters. The summed E-state index contributed by atoms with van der Waals surface area (Å²) < 4.78 is 6.20. The lowest BCUT2D eigenvalue weighted by Crippen LogP contribution is -2.32. The number of unbranched alkanes of at least 4 members (excludes halogenated alkanes) is 5. The van der Waals surface area contributed by atoms with Gasteiger partial charge in [-0.3, -0.25) is 0 Å². The summed E-state index contributed by atoms with van der Waals surface area (Å²) in [5, 5.41) is 0. The van der Waals surface area contributed by atoms with Crippen LogP contribution in [0.15, 0.2) is 18.7 Å². The lowest BCUT2D eigenvalue weighted by molar-refractivity contribution is 0.0630. The maximum atomic E-state index is 6.20. The SMILES string of the molecule is CCCCCCC(C)(CCCCC)Oc1cncnc1. The van der Waals surface area contributed by atoms with Gasteiger partial charge in [0.05, 0.1) is 12.4 Å². The fourth-order valence-corrected chi connectivity index (χ4v) is 2.52. The van der Waals surface area contributed by atoms with Crippen LogP contribution >= 0.6 is 0 Å². The summed E-state index contributed by atoms with van der Waals surface area (Å²) >= 11 is 0. The van der Waals surface area contributed by atoms with Gasteiger partial charge in [0.15, 0.2) is 5.75 Å². The minimum absolute atomic E-state index is 0.0758. The second-order valence-corrected chi connectivity index (χ2v) is 5.89. The molecular weight excluding hydrogens is 248 g/mol. The van der Waals surface area contributed by atoms with Crippen molar-refractivity contribution in [3.63, 3.8) is 0 Å². The lowest BCUT2D eigenvalue weighted by Gasteiger charge is -2.31. The zero-order valence-corrected chi connectivity index (χ0v) is 13.4. The van der Waals surface area contributed by atoms with Crippen LogP contribution in [0.25, 0.3) is 0 Å². The molecule has 3 heteroatoms. The standard InChI is InChI=1S/C17H30N2O/c1-4-6-8-10-12-17(3,11-9-7-5-2)20-16-13-18-15-19-14-16/h13-15H,4-12H2,1-3H3. The average molecular weight is 278 g/mol. The van der Waals surface area contributed by atoms with E-state index in [0.717, 1.165) is 18.6 Å². The third-order valence-electron chi connectivity index (χ3n) is 3.77. The van der Waals surface area contributed by atoms with E-state index in [9.17, 15) is 0 Å². The van der Waals surface area contributed by atoms with E-state index in [0.29, 0.717) is 0 Å². The van der Waals surface area contributed by atoms with Crippen molar-refractivity contribution >= 4 is 0 Å². The smallest absolute Gasteiger partial charge is 0.156 e. The van der Waals surface area contributed by atoms with E-state index in [2.05, 4.69) is 30.7 Å². The molecule has 0 saturated heterocycles. The van der Waals surface area contributed by atoms with Gasteiger partial charge in [-0.25, -0.2) is 9.97 Å². The molecule has 1 aromatic heterocycles. The van der Waals surface area contributed by atoms with E-state index in [1.165, 1.54) is 44.9 Å². The Labute approximate surface area is 124 Å². The van der Waals surface area contributed by atoms with Crippen molar-refractivity contribution < 1.29 is 4.74 Å². The molecule has 1 aromatic rings. The zero-order chi connectivity index (χ0) is 14.7. The predicted molar refractivity (Wildman–Crippen MR) is 84.0 cm³/mol. The number of nitrogens with zero attached hydrogens (tertiary/aromatic N) is 2. The summed E-state index contributed by atoms with van der Waals surface area (Å²) in [5.74, 6) is 0.794. The monoisotopic (exact) mass is 278 g/mol. The van der Waals surface area contributed by atoms with Gasteiger partial charge in [0.2, 0.25) is 0 Å². The van der Waals surface area contributed by atoms with Gasteiger partial charge in [-0.2, -0.15) is 0 Å². The Bertz CT molecular complexity index is 342. The van der Waals surface area contributed by atoms with Crippen LogP contribution in [0.3, 0.4) is 0 Å². The number of hydrogen-bond donors (Lipinski definition) is 0. The Morgan fingerprint density at radius 3 is 2.05 bits per heavy atom. The summed E-state index contributed by atoms with van der Waals surface area (Å²) in [7, 11) is 0. The van der Waals surface area contributed by atoms with Gasteiger partial charge in [-0.15, -0.1) is 0 Å². The molecule has 0 bridgehead atoms. The van der Waals surface area contributed by atoms with Gasteiger partial charge in [0.25, 0.3) is 0 Å². The Morgan fingerprint density at radius 1 is 0.900 bits per heavy atom. The average Bonchev–Trinajstić information content (AvgIpc) is 2.45. The molecule has 20 heavy (non-hydrogen) atoms. The molecule has 0 aliphatic carbocycles. The molecule has 0 fully saturated rings. The minimum Gasteiger partial charge on any atom is -0.484 e. The maximum absolute atomic E-state index is 6.20. The van der Waals surface area contributed by atoms with E-state index in [4.69, 9.17) is 4.74 Å². The number of rotatable bonds is 11. The largest absolute Gasteiger partial charge is 0.484 e. The number of ether oxygens (including phenoxy) is 1. The number of hydrogen-bond acceptors (Lipinski definition) is 3. The molecule has 0 radical (unpaired) electrons. The quantitative estimate of drug-likeness (QED) is 0.524. The molecule has 114 valence electrons. The Kier molecular flexibility index (Phi) is 8.24. The van der Waals surface area contributed by atoms with Gasteiger partial charge in [0.1, 0.15) is 11.9 Å². The van der Waals surface area contributed by atoms with Crippen LogP contribution in [0.2, 0.25) is 0 Å². The summed E-state index contributed by atoms with van der Waals surface area (Å²) in [6.07, 6.45) is 16.2. The van der Waals surface area contributed by atoms with Gasteiger partial charge in [-0.1, -0.05) is 46.0 Å². The van der Waals surface area contributed by atoms with Crippen LogP contribution in [0.4, 0.5) is 0 Å². The molecular formula is C17H30N2O. The Hall–Kier alpha value is -1.12. The third kappa shape index (κ3) is 6.88. The molecule has 1 atom stereocenters. The first-order chi connectivity index (χ1) is 9.70. The Morgan fingerprint density at radius 2 is 1.45 bits per heavy atom. The van der Waals surface area contributed by atoms with Crippen molar-refractivity contribution in [2.75, 3.05) is 0 Å². The summed E-state index contributed by atoms with van der Waals surface area (Å²) in [5.41, 5.74) is -0.0758. The molecule has 1 rings (SSSR count). The summed E-state index contributed by atoms with van der Waals surface area (Å²) in [4.78, 5) is 8.08. The maximum Gasteiger partial charge on any atom is 0.156 e. The number of aromatic nitrogens is 2. The van der Waals surface area contributed by atoms with Crippen molar-refractivity contribution in [3.8, 4) is 5.75 Å². The van der Waals surface area contributed by atoms with Crippen molar-refractivity contribution in [1.29, 1.82) is 0 Å². The second-order valence-electron chi connectivity index (χ2n) is 5.89. The molecule has 0 aliphatic rings. The first-order valence-electron chi connectivity index (χ1n) is 8.14. The fourth-order valence-electron chi connectivity index (χ4n) is 2.52. The van der Waals surface area contributed by atoms with E-state index in [-0.39, 0.29) is 5.60 Å². The van der Waals surface area contributed by atoms with Crippen molar-refractivity contribution in [1.82, 2.24) is 9.97 Å². The van der Waals surface area contributed by atoms with Crippen LogP contribution in [0.1, 0.15) is 78.6 Å². The van der Waals surface area contributed by atoms with Crippen LogP contribution < -0.4 is 4.74 Å². The normalized spacial score (nSPS) is 13.9. The van der Waals surface area contributed by atoms with E-state index >= 15 is 0 Å². The zero-order valence-electron chi connectivity index (χ0n) is 13.4. The predicted octanol–water partition coefficient (Wildman–Crippen LogP) is 5.16. The highest BCUT2D eigenvalue weighted by Crippen LogP contribution is 2.28. The molecule has 0 aliphatic heterocycles. The molecule has 0 spiro atoms. The highest BCUT2D eigenvalue weighted by molar-refractivity contribution is 5.11. The van der Waals surface area contributed by atoms with Gasteiger partial charge in [-0.05, 0) is 32.6 Å². The van der Waals surface area contributed by atoms with Crippen LogP contribution in [-0.4, -0.2) is 15.6 Å². The molecule has 1 heterocycles. The Balaban J connectivity index is 2.52.